The molecule has 0 aromatic rings. The van der Waals surface area contributed by atoms with E-state index in [2.05, 4.69) is 20.8 Å². The molecule has 0 aromatic carbocycles. The van der Waals surface area contributed by atoms with Gasteiger partial charge in [-0.2, -0.15) is 0 Å². The summed E-state index contributed by atoms with van der Waals surface area (Å²) in [6, 6.07) is 0. The maximum absolute atomic E-state index is 10.1. The molecular weight excluding hydrogens is 218 g/mol. The predicted octanol–water partition coefficient (Wildman–Crippen LogP) is 1.04. The monoisotopic (exact) mass is 245 g/mol. The molecule has 17 heavy (non-hydrogen) atoms. The molecule has 1 rings (SSSR count). The SMILES string of the molecule is CCCCC(C)(CC)C1OC(CN)C(O)C1O. The number of nitrogens with two attached hydrogens (primary N) is 1. The quantitative estimate of drug-likeness (QED) is 0.653. The minimum Gasteiger partial charge on any atom is -0.388 e. The van der Waals surface area contributed by atoms with Crippen LogP contribution >= 0.6 is 0 Å². The number of aliphatic hydroxyl groups is 2. The second-order valence-electron chi connectivity index (χ2n) is 5.42. The van der Waals surface area contributed by atoms with Crippen LogP contribution in [0.1, 0.15) is 46.5 Å². The van der Waals surface area contributed by atoms with Crippen molar-refractivity contribution in [2.75, 3.05) is 6.54 Å². The average Bonchev–Trinajstić information content (AvgIpc) is 2.63. The van der Waals surface area contributed by atoms with Crippen LogP contribution in [0.2, 0.25) is 0 Å². The van der Waals surface area contributed by atoms with Crippen molar-refractivity contribution in [2.45, 2.75) is 70.9 Å². The van der Waals surface area contributed by atoms with E-state index in [0.717, 1.165) is 25.7 Å². The van der Waals surface area contributed by atoms with Gasteiger partial charge in [-0.15, -0.1) is 0 Å². The molecule has 0 spiro atoms. The second-order valence-corrected chi connectivity index (χ2v) is 5.42. The number of hydrogen-bond acceptors (Lipinski definition) is 4. The van der Waals surface area contributed by atoms with Gasteiger partial charge in [0.25, 0.3) is 0 Å². The van der Waals surface area contributed by atoms with Gasteiger partial charge in [0, 0.05) is 6.54 Å². The summed E-state index contributed by atoms with van der Waals surface area (Å²) in [5.41, 5.74) is 5.45. The van der Waals surface area contributed by atoms with E-state index in [0.29, 0.717) is 0 Å². The third-order valence-electron chi connectivity index (χ3n) is 4.19. The molecule has 1 fully saturated rings. The summed E-state index contributed by atoms with van der Waals surface area (Å²) < 4.78 is 5.76. The Morgan fingerprint density at radius 2 is 1.88 bits per heavy atom. The van der Waals surface area contributed by atoms with Crippen LogP contribution in [0.15, 0.2) is 0 Å². The number of rotatable bonds is 6. The molecule has 0 saturated carbocycles. The van der Waals surface area contributed by atoms with Crippen molar-refractivity contribution in [3.05, 3.63) is 0 Å². The minimum atomic E-state index is -0.850. The van der Waals surface area contributed by atoms with Crippen molar-refractivity contribution in [1.29, 1.82) is 0 Å². The van der Waals surface area contributed by atoms with Gasteiger partial charge in [-0.3, -0.25) is 0 Å². The highest BCUT2D eigenvalue weighted by Gasteiger charge is 2.49. The predicted molar refractivity (Wildman–Crippen MR) is 67.7 cm³/mol. The third-order valence-corrected chi connectivity index (χ3v) is 4.19. The van der Waals surface area contributed by atoms with Crippen LogP contribution in [0, 0.1) is 5.41 Å². The van der Waals surface area contributed by atoms with Crippen LogP contribution in [0.3, 0.4) is 0 Å². The van der Waals surface area contributed by atoms with Crippen molar-refractivity contribution in [3.63, 3.8) is 0 Å². The first kappa shape index (κ1) is 14.9. The largest absolute Gasteiger partial charge is 0.388 e. The van der Waals surface area contributed by atoms with Crippen LogP contribution < -0.4 is 5.73 Å². The molecule has 1 heterocycles. The highest BCUT2D eigenvalue weighted by atomic mass is 16.5. The molecule has 102 valence electrons. The van der Waals surface area contributed by atoms with E-state index in [-0.39, 0.29) is 18.1 Å². The Morgan fingerprint density at radius 3 is 2.29 bits per heavy atom. The van der Waals surface area contributed by atoms with Crippen molar-refractivity contribution in [1.82, 2.24) is 0 Å². The van der Waals surface area contributed by atoms with Crippen LogP contribution in [-0.2, 0) is 4.74 Å². The van der Waals surface area contributed by atoms with E-state index in [1.165, 1.54) is 0 Å². The van der Waals surface area contributed by atoms with E-state index in [1.807, 2.05) is 0 Å². The van der Waals surface area contributed by atoms with Gasteiger partial charge in [-0.1, -0.05) is 33.6 Å². The first-order valence-corrected chi connectivity index (χ1v) is 6.71. The standard InChI is InChI=1S/C13H27NO3/c1-4-6-7-13(3,5-2)12-11(16)10(15)9(8-14)17-12/h9-12,15-16H,4-8,14H2,1-3H3. The molecule has 4 N–H and O–H groups in total. The highest BCUT2D eigenvalue weighted by molar-refractivity contribution is 4.98. The molecule has 5 unspecified atom stereocenters. The van der Waals surface area contributed by atoms with Crippen LogP contribution in [-0.4, -0.2) is 41.2 Å². The average molecular weight is 245 g/mol. The Labute approximate surface area is 104 Å². The molecule has 5 atom stereocenters. The first-order chi connectivity index (χ1) is 8.00. The number of hydrogen-bond donors (Lipinski definition) is 3. The van der Waals surface area contributed by atoms with E-state index < -0.39 is 18.3 Å². The molecule has 0 amide bonds. The Balaban J connectivity index is 2.75. The summed E-state index contributed by atoms with van der Waals surface area (Å²) in [7, 11) is 0. The maximum atomic E-state index is 10.1. The normalized spacial score (nSPS) is 37.1. The van der Waals surface area contributed by atoms with Crippen LogP contribution in [0.25, 0.3) is 0 Å². The Bertz CT molecular complexity index is 237. The lowest BCUT2D eigenvalue weighted by Gasteiger charge is -2.36. The topological polar surface area (TPSA) is 75.7 Å². The molecule has 0 aliphatic carbocycles. The van der Waals surface area contributed by atoms with Crippen LogP contribution in [0.5, 0.6) is 0 Å². The van der Waals surface area contributed by atoms with Crippen LogP contribution in [0.4, 0.5) is 0 Å². The van der Waals surface area contributed by atoms with Crippen molar-refractivity contribution in [3.8, 4) is 0 Å². The summed E-state index contributed by atoms with van der Waals surface area (Å²) in [4.78, 5) is 0. The summed E-state index contributed by atoms with van der Waals surface area (Å²) >= 11 is 0. The summed E-state index contributed by atoms with van der Waals surface area (Å²) in [6.45, 7) is 6.64. The smallest absolute Gasteiger partial charge is 0.110 e. The molecule has 0 aromatic heterocycles. The van der Waals surface area contributed by atoms with Gasteiger partial charge >= 0.3 is 0 Å². The lowest BCUT2D eigenvalue weighted by Crippen LogP contribution is -2.42. The lowest BCUT2D eigenvalue weighted by atomic mass is 9.75. The highest BCUT2D eigenvalue weighted by Crippen LogP contribution is 2.40. The fraction of sp³-hybridized carbons (Fsp3) is 1.00. The van der Waals surface area contributed by atoms with Gasteiger partial charge in [0.05, 0.1) is 12.2 Å². The van der Waals surface area contributed by atoms with Gasteiger partial charge in [0.15, 0.2) is 0 Å². The lowest BCUT2D eigenvalue weighted by molar-refractivity contribution is -0.0693. The zero-order valence-electron chi connectivity index (χ0n) is 11.2. The molecule has 1 saturated heterocycles. The van der Waals surface area contributed by atoms with E-state index >= 15 is 0 Å². The number of aliphatic hydroxyl groups excluding tert-OH is 2. The van der Waals surface area contributed by atoms with Crippen molar-refractivity contribution in [2.24, 2.45) is 11.1 Å². The molecule has 4 heteroatoms. The molecule has 1 aliphatic heterocycles. The van der Waals surface area contributed by atoms with E-state index in [9.17, 15) is 10.2 Å². The Hall–Kier alpha value is -0.160. The zero-order chi connectivity index (χ0) is 13.1. The van der Waals surface area contributed by atoms with Gasteiger partial charge in [-0.05, 0) is 18.3 Å². The minimum absolute atomic E-state index is 0.0830. The van der Waals surface area contributed by atoms with Gasteiger partial charge in [-0.25, -0.2) is 0 Å². The maximum Gasteiger partial charge on any atom is 0.110 e. The summed E-state index contributed by atoms with van der Waals surface area (Å²) in [6.07, 6.45) is 1.78. The zero-order valence-corrected chi connectivity index (χ0v) is 11.2. The van der Waals surface area contributed by atoms with Crippen molar-refractivity contribution >= 4 is 0 Å². The summed E-state index contributed by atoms with van der Waals surface area (Å²) in [5, 5.41) is 20.0. The van der Waals surface area contributed by atoms with E-state index in [4.69, 9.17) is 10.5 Å². The third kappa shape index (κ3) is 2.99. The molecule has 0 radical (unpaired) electrons. The van der Waals surface area contributed by atoms with Gasteiger partial charge < -0.3 is 20.7 Å². The number of ether oxygens (including phenoxy) is 1. The Kier molecular flexibility index (Phi) is 5.38. The molecule has 1 aliphatic rings. The van der Waals surface area contributed by atoms with Gasteiger partial charge in [0.2, 0.25) is 0 Å². The molecule has 0 bridgehead atoms. The molecular formula is C13H27NO3. The second kappa shape index (κ2) is 6.14. The fourth-order valence-electron chi connectivity index (χ4n) is 2.62. The van der Waals surface area contributed by atoms with Gasteiger partial charge in [0.1, 0.15) is 12.2 Å². The molecule has 4 nitrogen and oxygen atoms in total. The first-order valence-electron chi connectivity index (χ1n) is 6.71. The Morgan fingerprint density at radius 1 is 1.24 bits per heavy atom. The number of unbranched alkanes of at least 4 members (excludes halogenated alkanes) is 1. The van der Waals surface area contributed by atoms with Crippen molar-refractivity contribution < 1.29 is 14.9 Å². The summed E-state index contributed by atoms with van der Waals surface area (Å²) in [5.74, 6) is 0. The fourth-order valence-corrected chi connectivity index (χ4v) is 2.62. The van der Waals surface area contributed by atoms with E-state index in [1.54, 1.807) is 0 Å².